The number of carbonyl (C=O) groups excluding carboxylic acids is 2. The molecule has 0 aliphatic carbocycles. The summed E-state index contributed by atoms with van der Waals surface area (Å²) in [6.45, 7) is 3.65. The van der Waals surface area contributed by atoms with Gasteiger partial charge < -0.3 is 16.4 Å². The smallest absolute Gasteiger partial charge is 0.252 e. The Balaban J connectivity index is 2.60. The Hall–Kier alpha value is -1.56. The summed E-state index contributed by atoms with van der Waals surface area (Å²) in [5.41, 5.74) is 6.51. The van der Waals surface area contributed by atoms with Crippen LogP contribution in [0.25, 0.3) is 0 Å². The van der Waals surface area contributed by atoms with Gasteiger partial charge in [-0.3, -0.25) is 9.59 Å². The van der Waals surface area contributed by atoms with E-state index in [4.69, 9.17) is 5.73 Å². The summed E-state index contributed by atoms with van der Waals surface area (Å²) in [6.07, 6.45) is 0. The van der Waals surface area contributed by atoms with Gasteiger partial charge in [-0.15, -0.1) is 0 Å². The second-order valence-corrected chi connectivity index (χ2v) is 5.00. The maximum atomic E-state index is 11.8. The number of nitrogens with one attached hydrogen (secondary N) is 2. The molecule has 6 heteroatoms. The minimum atomic E-state index is -0.340. The number of anilines is 1. The Kier molecular flexibility index (Phi) is 5.15. The second-order valence-electron chi connectivity index (χ2n) is 4.14. The predicted molar refractivity (Wildman–Crippen MR) is 74.2 cm³/mol. The minimum Gasteiger partial charge on any atom is -0.399 e. The molecule has 0 aliphatic rings. The van der Waals surface area contributed by atoms with E-state index in [1.165, 1.54) is 0 Å². The first kappa shape index (κ1) is 14.5. The summed E-state index contributed by atoms with van der Waals surface area (Å²) >= 11 is 3.26. The average molecular weight is 314 g/mol. The molecule has 1 aromatic rings. The first-order valence-electron chi connectivity index (χ1n) is 5.52. The summed E-state index contributed by atoms with van der Waals surface area (Å²) in [5.74, 6) is -0.563. The van der Waals surface area contributed by atoms with Gasteiger partial charge in [0.25, 0.3) is 5.91 Å². The van der Waals surface area contributed by atoms with Crippen LogP contribution in [0.2, 0.25) is 0 Å². The molecule has 0 atom stereocenters. The maximum Gasteiger partial charge on any atom is 0.252 e. The number of carbonyl (C=O) groups is 2. The predicted octanol–water partition coefficient (Wildman–Crippen LogP) is 1.29. The fourth-order valence-corrected chi connectivity index (χ4v) is 1.77. The number of halogens is 1. The number of hydrogen-bond donors (Lipinski definition) is 3. The first-order chi connectivity index (χ1) is 8.40. The van der Waals surface area contributed by atoms with E-state index in [0.717, 1.165) is 0 Å². The number of nitrogens with two attached hydrogens (primary N) is 1. The van der Waals surface area contributed by atoms with E-state index < -0.39 is 0 Å². The molecular weight excluding hydrogens is 298 g/mol. The zero-order valence-corrected chi connectivity index (χ0v) is 11.9. The third-order valence-corrected chi connectivity index (χ3v) is 2.79. The van der Waals surface area contributed by atoms with Crippen LogP contribution in [0.4, 0.5) is 5.69 Å². The van der Waals surface area contributed by atoms with E-state index >= 15 is 0 Å². The molecule has 0 heterocycles. The molecule has 98 valence electrons. The molecule has 0 aliphatic heterocycles. The molecule has 0 radical (unpaired) electrons. The molecule has 18 heavy (non-hydrogen) atoms. The summed E-state index contributed by atoms with van der Waals surface area (Å²) in [5, 5.41) is 5.22. The number of hydrogen-bond acceptors (Lipinski definition) is 3. The highest BCUT2D eigenvalue weighted by Crippen LogP contribution is 2.19. The monoisotopic (exact) mass is 313 g/mol. The van der Waals surface area contributed by atoms with Crippen molar-refractivity contribution in [1.82, 2.24) is 10.6 Å². The van der Waals surface area contributed by atoms with Gasteiger partial charge in [-0.25, -0.2) is 0 Å². The molecule has 1 aromatic carbocycles. The second kappa shape index (κ2) is 6.39. The Bertz CT molecular complexity index is 461. The van der Waals surface area contributed by atoms with Gasteiger partial charge in [-0.1, -0.05) is 0 Å². The van der Waals surface area contributed by atoms with Crippen LogP contribution in [0.1, 0.15) is 24.2 Å². The zero-order chi connectivity index (χ0) is 13.7. The van der Waals surface area contributed by atoms with Gasteiger partial charge in [0, 0.05) is 16.2 Å². The molecule has 4 N–H and O–H groups in total. The SMILES string of the molecule is CC(C)NC(=O)CNC(=O)c1cc(N)ccc1Br. The zero-order valence-electron chi connectivity index (χ0n) is 10.3. The lowest BCUT2D eigenvalue weighted by molar-refractivity contribution is -0.120. The van der Waals surface area contributed by atoms with Crippen molar-refractivity contribution in [3.8, 4) is 0 Å². The molecule has 0 saturated carbocycles. The summed E-state index contributed by atoms with van der Waals surface area (Å²) in [7, 11) is 0. The highest BCUT2D eigenvalue weighted by Gasteiger charge is 2.12. The lowest BCUT2D eigenvalue weighted by atomic mass is 10.2. The van der Waals surface area contributed by atoms with Crippen LogP contribution in [-0.4, -0.2) is 24.4 Å². The van der Waals surface area contributed by atoms with Crippen molar-refractivity contribution < 1.29 is 9.59 Å². The topological polar surface area (TPSA) is 84.2 Å². The molecule has 0 saturated heterocycles. The van der Waals surface area contributed by atoms with Gasteiger partial charge in [-0.2, -0.15) is 0 Å². The Morgan fingerprint density at radius 2 is 2.06 bits per heavy atom. The van der Waals surface area contributed by atoms with Crippen LogP contribution in [0.5, 0.6) is 0 Å². The van der Waals surface area contributed by atoms with E-state index in [9.17, 15) is 9.59 Å². The van der Waals surface area contributed by atoms with Crippen molar-refractivity contribution in [2.45, 2.75) is 19.9 Å². The normalized spacial score (nSPS) is 10.2. The molecular formula is C12H16BrN3O2. The van der Waals surface area contributed by atoms with Crippen molar-refractivity contribution in [3.63, 3.8) is 0 Å². The Labute approximate surface area is 114 Å². The van der Waals surface area contributed by atoms with Gasteiger partial charge in [0.05, 0.1) is 12.1 Å². The molecule has 5 nitrogen and oxygen atoms in total. The number of amides is 2. The van der Waals surface area contributed by atoms with Crippen LogP contribution in [0, 0.1) is 0 Å². The van der Waals surface area contributed by atoms with Crippen molar-refractivity contribution in [1.29, 1.82) is 0 Å². The van der Waals surface area contributed by atoms with Crippen LogP contribution >= 0.6 is 15.9 Å². The molecule has 0 fully saturated rings. The van der Waals surface area contributed by atoms with Gasteiger partial charge in [0.1, 0.15) is 0 Å². The number of benzene rings is 1. The van der Waals surface area contributed by atoms with Crippen molar-refractivity contribution in [3.05, 3.63) is 28.2 Å². The first-order valence-corrected chi connectivity index (χ1v) is 6.32. The molecule has 2 amide bonds. The van der Waals surface area contributed by atoms with Crippen LogP contribution in [0.15, 0.2) is 22.7 Å². The number of rotatable bonds is 4. The fraction of sp³-hybridized carbons (Fsp3) is 0.333. The van der Waals surface area contributed by atoms with Crippen molar-refractivity contribution in [2.24, 2.45) is 0 Å². The van der Waals surface area contributed by atoms with Gasteiger partial charge in [-0.05, 0) is 48.0 Å². The Morgan fingerprint density at radius 3 is 2.67 bits per heavy atom. The fourth-order valence-electron chi connectivity index (χ4n) is 1.35. The van der Waals surface area contributed by atoms with Crippen molar-refractivity contribution >= 4 is 33.4 Å². The van der Waals surface area contributed by atoms with Gasteiger partial charge in [0.2, 0.25) is 5.91 Å². The standard InChI is InChI=1S/C12H16BrN3O2/c1-7(2)16-11(17)6-15-12(18)9-5-8(14)3-4-10(9)13/h3-5,7H,6,14H2,1-2H3,(H,15,18)(H,16,17). The summed E-state index contributed by atoms with van der Waals surface area (Å²) < 4.78 is 0.637. The Morgan fingerprint density at radius 1 is 1.39 bits per heavy atom. The minimum absolute atomic E-state index is 0.0495. The third kappa shape index (κ3) is 4.37. The average Bonchev–Trinajstić information content (AvgIpc) is 2.28. The molecule has 0 bridgehead atoms. The van der Waals surface area contributed by atoms with Crippen molar-refractivity contribution in [2.75, 3.05) is 12.3 Å². The summed E-state index contributed by atoms with van der Waals surface area (Å²) in [4.78, 5) is 23.2. The van der Waals surface area contributed by atoms with Gasteiger partial charge in [0.15, 0.2) is 0 Å². The van der Waals surface area contributed by atoms with Crippen LogP contribution in [-0.2, 0) is 4.79 Å². The molecule has 0 unspecified atom stereocenters. The van der Waals surface area contributed by atoms with E-state index in [-0.39, 0.29) is 24.4 Å². The molecule has 0 aromatic heterocycles. The maximum absolute atomic E-state index is 11.8. The third-order valence-electron chi connectivity index (χ3n) is 2.09. The lowest BCUT2D eigenvalue weighted by Crippen LogP contribution is -2.39. The lowest BCUT2D eigenvalue weighted by Gasteiger charge is -2.10. The van der Waals surface area contributed by atoms with Crippen LogP contribution in [0.3, 0.4) is 0 Å². The quantitative estimate of drug-likeness (QED) is 0.732. The summed E-state index contributed by atoms with van der Waals surface area (Å²) in [6, 6.07) is 4.98. The molecule has 0 spiro atoms. The van der Waals surface area contributed by atoms with Gasteiger partial charge >= 0.3 is 0 Å². The van der Waals surface area contributed by atoms with E-state index in [1.54, 1.807) is 18.2 Å². The van der Waals surface area contributed by atoms with E-state index in [1.807, 2.05) is 13.8 Å². The van der Waals surface area contributed by atoms with E-state index in [2.05, 4.69) is 26.6 Å². The van der Waals surface area contributed by atoms with Crippen LogP contribution < -0.4 is 16.4 Å². The largest absolute Gasteiger partial charge is 0.399 e. The van der Waals surface area contributed by atoms with E-state index in [0.29, 0.717) is 15.7 Å². The highest BCUT2D eigenvalue weighted by molar-refractivity contribution is 9.10. The number of nitrogen functional groups attached to an aromatic ring is 1. The molecule has 1 rings (SSSR count). The highest BCUT2D eigenvalue weighted by atomic mass is 79.9.